The monoisotopic (exact) mass is 335 g/mol. The summed E-state index contributed by atoms with van der Waals surface area (Å²) in [6, 6.07) is 22.7. The molecule has 0 aliphatic rings. The molecule has 0 bridgehead atoms. The smallest absolute Gasteiger partial charge is 0.0273 e. The molecule has 0 fully saturated rings. The van der Waals surface area contributed by atoms with Crippen molar-refractivity contribution in [3.8, 4) is 0 Å². The van der Waals surface area contributed by atoms with Gasteiger partial charge in [0, 0.05) is 37.2 Å². The first-order valence-corrected chi connectivity index (χ1v) is 8.44. The number of hydrogen-bond acceptors (Lipinski definition) is 3. The van der Waals surface area contributed by atoms with Crippen LogP contribution in [-0.4, -0.2) is 15.0 Å². The van der Waals surface area contributed by atoms with Crippen LogP contribution in [0.4, 0.5) is 0 Å². The molecule has 3 heteroatoms. The van der Waals surface area contributed by atoms with Crippen LogP contribution in [0.1, 0.15) is 22.3 Å². The van der Waals surface area contributed by atoms with E-state index < -0.39 is 0 Å². The van der Waals surface area contributed by atoms with Crippen molar-refractivity contribution in [1.82, 2.24) is 15.0 Å². The lowest BCUT2D eigenvalue weighted by Gasteiger charge is -2.17. The van der Waals surface area contributed by atoms with Crippen LogP contribution >= 0.6 is 0 Å². The Morgan fingerprint density at radius 1 is 0.385 bits per heavy atom. The molecular formula is C23H17N3. The minimum Gasteiger partial charge on any atom is -0.265 e. The Labute approximate surface area is 152 Å². The van der Waals surface area contributed by atoms with Crippen LogP contribution in [0.15, 0.2) is 104 Å². The average molecular weight is 335 g/mol. The molecule has 3 nitrogen and oxygen atoms in total. The number of hydrogen-bond donors (Lipinski definition) is 0. The summed E-state index contributed by atoms with van der Waals surface area (Å²) in [7, 11) is 0. The SMILES string of the molecule is c1ccc(C(=C(c2ccncc2)c2ccncc2)c2ccncc2)cc1. The van der Waals surface area contributed by atoms with E-state index in [1.807, 2.05) is 79.6 Å². The van der Waals surface area contributed by atoms with Gasteiger partial charge in [0.05, 0.1) is 0 Å². The fourth-order valence-corrected chi connectivity index (χ4v) is 3.07. The van der Waals surface area contributed by atoms with Gasteiger partial charge >= 0.3 is 0 Å². The lowest BCUT2D eigenvalue weighted by atomic mass is 9.87. The summed E-state index contributed by atoms with van der Waals surface area (Å²) in [5.41, 5.74) is 6.80. The molecule has 0 aliphatic heterocycles. The van der Waals surface area contributed by atoms with Crippen molar-refractivity contribution in [3.63, 3.8) is 0 Å². The molecule has 4 rings (SSSR count). The minimum atomic E-state index is 1.11. The van der Waals surface area contributed by atoms with Crippen LogP contribution in [0.2, 0.25) is 0 Å². The van der Waals surface area contributed by atoms with Gasteiger partial charge in [0.15, 0.2) is 0 Å². The molecule has 0 amide bonds. The summed E-state index contributed by atoms with van der Waals surface area (Å²) in [6.07, 6.45) is 11.0. The van der Waals surface area contributed by atoms with Crippen LogP contribution in [-0.2, 0) is 0 Å². The zero-order chi connectivity index (χ0) is 17.6. The Morgan fingerprint density at radius 2 is 0.692 bits per heavy atom. The molecule has 0 radical (unpaired) electrons. The van der Waals surface area contributed by atoms with Gasteiger partial charge in [-0.1, -0.05) is 30.3 Å². The summed E-state index contributed by atoms with van der Waals surface area (Å²) < 4.78 is 0. The molecule has 3 heterocycles. The largest absolute Gasteiger partial charge is 0.265 e. The van der Waals surface area contributed by atoms with E-state index in [0.717, 1.165) is 33.4 Å². The first-order chi connectivity index (χ1) is 12.9. The highest BCUT2D eigenvalue weighted by Gasteiger charge is 2.15. The summed E-state index contributed by atoms with van der Waals surface area (Å²) in [4.78, 5) is 12.5. The van der Waals surface area contributed by atoms with Crippen molar-refractivity contribution in [1.29, 1.82) is 0 Å². The summed E-state index contributed by atoms with van der Waals surface area (Å²) in [5.74, 6) is 0. The van der Waals surface area contributed by atoms with E-state index in [4.69, 9.17) is 0 Å². The number of rotatable bonds is 4. The Morgan fingerprint density at radius 3 is 1.04 bits per heavy atom. The standard InChI is InChI=1S/C23H17N3/c1-2-4-18(5-3-1)22(19-6-12-24-13-7-19)23(20-8-14-25-15-9-20)21-10-16-26-17-11-21/h1-17H. The maximum absolute atomic E-state index is 4.18. The number of benzene rings is 1. The first-order valence-electron chi connectivity index (χ1n) is 8.44. The lowest BCUT2D eigenvalue weighted by Crippen LogP contribution is -1.98. The average Bonchev–Trinajstić information content (AvgIpc) is 2.74. The Bertz CT molecular complexity index is 828. The molecule has 0 N–H and O–H groups in total. The molecule has 3 aromatic heterocycles. The third-order valence-electron chi connectivity index (χ3n) is 4.22. The highest BCUT2D eigenvalue weighted by atomic mass is 14.6. The molecule has 26 heavy (non-hydrogen) atoms. The van der Waals surface area contributed by atoms with Crippen LogP contribution in [0.25, 0.3) is 11.1 Å². The van der Waals surface area contributed by atoms with Gasteiger partial charge in [-0.05, 0) is 69.8 Å². The van der Waals surface area contributed by atoms with E-state index >= 15 is 0 Å². The molecular weight excluding hydrogens is 318 g/mol. The van der Waals surface area contributed by atoms with E-state index in [1.165, 1.54) is 0 Å². The van der Waals surface area contributed by atoms with Crippen LogP contribution in [0.3, 0.4) is 0 Å². The fourth-order valence-electron chi connectivity index (χ4n) is 3.07. The van der Waals surface area contributed by atoms with Gasteiger partial charge in [0.2, 0.25) is 0 Å². The van der Waals surface area contributed by atoms with Gasteiger partial charge in [-0.3, -0.25) is 15.0 Å². The fraction of sp³-hybridized carbons (Fsp3) is 0. The summed E-state index contributed by atoms with van der Waals surface area (Å²) in [5, 5.41) is 0. The normalized spacial score (nSPS) is 10.3. The molecule has 124 valence electrons. The molecule has 4 aromatic rings. The third-order valence-corrected chi connectivity index (χ3v) is 4.22. The lowest BCUT2D eigenvalue weighted by molar-refractivity contribution is 1.29. The van der Waals surface area contributed by atoms with Crippen molar-refractivity contribution >= 4 is 11.1 Å². The highest BCUT2D eigenvalue weighted by molar-refractivity contribution is 6.04. The van der Waals surface area contributed by atoms with Gasteiger partial charge in [-0.25, -0.2) is 0 Å². The van der Waals surface area contributed by atoms with Crippen LogP contribution in [0, 0.1) is 0 Å². The predicted octanol–water partition coefficient (Wildman–Crippen LogP) is 4.88. The number of aromatic nitrogens is 3. The van der Waals surface area contributed by atoms with E-state index in [0.29, 0.717) is 0 Å². The Balaban J connectivity index is 2.09. The summed E-state index contributed by atoms with van der Waals surface area (Å²) >= 11 is 0. The molecule has 0 unspecified atom stereocenters. The predicted molar refractivity (Wildman–Crippen MR) is 104 cm³/mol. The van der Waals surface area contributed by atoms with Crippen molar-refractivity contribution in [3.05, 3.63) is 126 Å². The second-order valence-corrected chi connectivity index (χ2v) is 5.82. The maximum Gasteiger partial charge on any atom is 0.0273 e. The van der Waals surface area contributed by atoms with E-state index in [9.17, 15) is 0 Å². The van der Waals surface area contributed by atoms with Crippen LogP contribution < -0.4 is 0 Å². The minimum absolute atomic E-state index is 1.11. The molecule has 0 spiro atoms. The van der Waals surface area contributed by atoms with Crippen LogP contribution in [0.5, 0.6) is 0 Å². The van der Waals surface area contributed by atoms with E-state index in [2.05, 4.69) is 39.2 Å². The Hall–Kier alpha value is -3.59. The highest BCUT2D eigenvalue weighted by Crippen LogP contribution is 2.36. The van der Waals surface area contributed by atoms with E-state index in [-0.39, 0.29) is 0 Å². The molecule has 0 aliphatic carbocycles. The zero-order valence-corrected chi connectivity index (χ0v) is 14.2. The molecule has 1 aromatic carbocycles. The Kier molecular flexibility index (Phi) is 4.61. The van der Waals surface area contributed by atoms with Crippen molar-refractivity contribution < 1.29 is 0 Å². The second-order valence-electron chi connectivity index (χ2n) is 5.82. The van der Waals surface area contributed by atoms with Gasteiger partial charge in [-0.15, -0.1) is 0 Å². The van der Waals surface area contributed by atoms with Gasteiger partial charge < -0.3 is 0 Å². The van der Waals surface area contributed by atoms with Gasteiger partial charge in [-0.2, -0.15) is 0 Å². The van der Waals surface area contributed by atoms with Crippen molar-refractivity contribution in [2.75, 3.05) is 0 Å². The number of pyridine rings is 3. The number of nitrogens with zero attached hydrogens (tertiary/aromatic N) is 3. The van der Waals surface area contributed by atoms with Gasteiger partial charge in [0.25, 0.3) is 0 Å². The zero-order valence-electron chi connectivity index (χ0n) is 14.2. The topological polar surface area (TPSA) is 38.7 Å². The second kappa shape index (κ2) is 7.53. The molecule has 0 atom stereocenters. The maximum atomic E-state index is 4.18. The van der Waals surface area contributed by atoms with Crippen molar-refractivity contribution in [2.24, 2.45) is 0 Å². The third kappa shape index (κ3) is 3.28. The summed E-state index contributed by atoms with van der Waals surface area (Å²) in [6.45, 7) is 0. The van der Waals surface area contributed by atoms with Gasteiger partial charge in [0.1, 0.15) is 0 Å². The van der Waals surface area contributed by atoms with E-state index in [1.54, 1.807) is 0 Å². The quantitative estimate of drug-likeness (QED) is 0.533. The van der Waals surface area contributed by atoms with Crippen molar-refractivity contribution in [2.45, 2.75) is 0 Å². The molecule has 0 saturated carbocycles. The first kappa shape index (κ1) is 15.9. The molecule has 0 saturated heterocycles.